The molecule has 0 saturated carbocycles. The van der Waals surface area contributed by atoms with E-state index >= 15 is 0 Å². The molecule has 3 N–H and O–H groups in total. The Morgan fingerprint density at radius 1 is 0.684 bits per heavy atom. The highest BCUT2D eigenvalue weighted by molar-refractivity contribution is 5.84. The van der Waals surface area contributed by atoms with Crippen molar-refractivity contribution in [3.8, 4) is 0 Å². The number of carbonyl (C=O) groups is 4. The van der Waals surface area contributed by atoms with Crippen LogP contribution in [0.2, 0.25) is 0 Å². The number of carboxylic acids is 1. The number of unbranched alkanes of at least 4 members (excludes halogenated alkanes) is 8. The molecule has 0 rings (SSSR count). The van der Waals surface area contributed by atoms with Crippen molar-refractivity contribution < 1.29 is 38.5 Å². The first-order chi connectivity index (χ1) is 18.4. The van der Waals surface area contributed by atoms with E-state index in [0.29, 0.717) is 26.2 Å². The second-order valence-electron chi connectivity index (χ2n) is 9.46. The molecule has 0 aliphatic carbocycles. The van der Waals surface area contributed by atoms with Crippen LogP contribution in [0, 0.1) is 5.92 Å². The van der Waals surface area contributed by atoms with Crippen molar-refractivity contribution in [2.75, 3.05) is 52.7 Å². The smallest absolute Gasteiger partial charge is 0.306 e. The van der Waals surface area contributed by atoms with Crippen LogP contribution < -0.4 is 10.6 Å². The van der Waals surface area contributed by atoms with Gasteiger partial charge in [-0.3, -0.25) is 19.2 Å². The molecule has 0 radical (unpaired) electrons. The maximum atomic E-state index is 12.2. The number of Topliss-reactive ketones (excluding diaryl/α,β-unsaturated/α-hetero) is 1. The van der Waals surface area contributed by atoms with Gasteiger partial charge in [-0.2, -0.15) is 0 Å². The fraction of sp³-hybridized carbons (Fsp3) is 0.857. The number of aliphatic carboxylic acids is 1. The monoisotopic (exact) mass is 544 g/mol. The van der Waals surface area contributed by atoms with E-state index in [9.17, 15) is 24.3 Å². The molecule has 222 valence electrons. The zero-order valence-electron chi connectivity index (χ0n) is 23.7. The van der Waals surface area contributed by atoms with E-state index in [2.05, 4.69) is 17.6 Å². The van der Waals surface area contributed by atoms with Crippen LogP contribution in [0.1, 0.15) is 97.3 Å². The number of hydrogen-bond donors (Lipinski definition) is 3. The fourth-order valence-corrected chi connectivity index (χ4v) is 3.82. The summed E-state index contributed by atoms with van der Waals surface area (Å²) in [4.78, 5) is 47.3. The number of carbonyl (C=O) groups excluding carboxylic acids is 3. The summed E-state index contributed by atoms with van der Waals surface area (Å²) in [5, 5.41) is 14.8. The van der Waals surface area contributed by atoms with Gasteiger partial charge in [0.1, 0.15) is 12.4 Å². The minimum Gasteiger partial charge on any atom is -0.481 e. The summed E-state index contributed by atoms with van der Waals surface area (Å²) in [6.07, 6.45) is 11.0. The Labute approximate surface area is 228 Å². The molecule has 0 aromatic carbocycles. The Bertz CT molecular complexity index is 630. The minimum atomic E-state index is -1.04. The van der Waals surface area contributed by atoms with Gasteiger partial charge in [-0.1, -0.05) is 58.3 Å². The van der Waals surface area contributed by atoms with E-state index < -0.39 is 11.9 Å². The van der Waals surface area contributed by atoms with Crippen molar-refractivity contribution in [2.24, 2.45) is 5.92 Å². The first-order valence-corrected chi connectivity index (χ1v) is 14.4. The predicted octanol–water partition coefficient (Wildman–Crippen LogP) is 3.65. The van der Waals surface area contributed by atoms with E-state index in [-0.39, 0.29) is 69.8 Å². The molecular formula is C28H52N2O8. The predicted molar refractivity (Wildman–Crippen MR) is 146 cm³/mol. The third-order valence-electron chi connectivity index (χ3n) is 6.05. The molecular weight excluding hydrogens is 492 g/mol. The van der Waals surface area contributed by atoms with Gasteiger partial charge in [0.25, 0.3) is 0 Å². The van der Waals surface area contributed by atoms with Gasteiger partial charge in [-0.15, -0.1) is 0 Å². The van der Waals surface area contributed by atoms with Crippen molar-refractivity contribution in [3.05, 3.63) is 0 Å². The topological polar surface area (TPSA) is 140 Å². The summed E-state index contributed by atoms with van der Waals surface area (Å²) in [5.41, 5.74) is 0. The molecule has 0 saturated heterocycles. The lowest BCUT2D eigenvalue weighted by atomic mass is 9.94. The quantitative estimate of drug-likeness (QED) is 0.127. The molecule has 0 aromatic heterocycles. The molecule has 10 heteroatoms. The van der Waals surface area contributed by atoms with Crippen molar-refractivity contribution in [3.63, 3.8) is 0 Å². The fourth-order valence-electron chi connectivity index (χ4n) is 3.82. The maximum Gasteiger partial charge on any atom is 0.306 e. The first-order valence-electron chi connectivity index (χ1n) is 14.4. The number of amides is 2. The summed E-state index contributed by atoms with van der Waals surface area (Å²) in [6, 6.07) is 0. The van der Waals surface area contributed by atoms with Gasteiger partial charge in [0.05, 0.1) is 32.3 Å². The van der Waals surface area contributed by atoms with E-state index in [0.717, 1.165) is 19.3 Å². The van der Waals surface area contributed by atoms with Crippen LogP contribution in [-0.4, -0.2) is 81.4 Å². The third kappa shape index (κ3) is 24.3. The molecule has 0 aliphatic rings. The number of carboxylic acid groups (broad SMARTS) is 1. The molecule has 1 atom stereocenters. The normalized spacial score (nSPS) is 11.7. The van der Waals surface area contributed by atoms with Crippen LogP contribution in [-0.2, 0) is 33.4 Å². The Balaban J connectivity index is 3.76. The van der Waals surface area contributed by atoms with Crippen LogP contribution in [0.3, 0.4) is 0 Å². The zero-order valence-corrected chi connectivity index (χ0v) is 23.7. The number of hydrogen-bond acceptors (Lipinski definition) is 7. The largest absolute Gasteiger partial charge is 0.481 e. The average Bonchev–Trinajstić information content (AvgIpc) is 2.89. The summed E-state index contributed by atoms with van der Waals surface area (Å²) < 4.78 is 15.7. The molecule has 0 heterocycles. The van der Waals surface area contributed by atoms with Crippen LogP contribution in [0.25, 0.3) is 0 Å². The van der Waals surface area contributed by atoms with Gasteiger partial charge < -0.3 is 30.0 Å². The van der Waals surface area contributed by atoms with Gasteiger partial charge in [0, 0.05) is 39.0 Å². The summed E-state index contributed by atoms with van der Waals surface area (Å²) >= 11 is 0. The highest BCUT2D eigenvalue weighted by Gasteiger charge is 2.22. The SMILES string of the molecule is CCCCCCCCCCCC(=O)C[C@@H](CCC(=O)NCCOCCOCC(=O)NCCOCC)C(=O)O. The van der Waals surface area contributed by atoms with E-state index in [1.54, 1.807) is 0 Å². The highest BCUT2D eigenvalue weighted by atomic mass is 16.5. The maximum absolute atomic E-state index is 12.2. The number of ether oxygens (including phenoxy) is 3. The van der Waals surface area contributed by atoms with Gasteiger partial charge in [0.15, 0.2) is 0 Å². The Hall–Kier alpha value is -2.04. The molecule has 0 aliphatic heterocycles. The standard InChI is InChI=1S/C28H52N2O8/c1-3-5-6-7-8-9-10-11-12-13-25(31)22-24(28(34)35)14-15-26(32)29-17-19-37-20-21-38-23-27(33)30-16-18-36-4-2/h24H,3-23H2,1-2H3,(H,29,32)(H,30,33)(H,34,35)/t24-/m1/s1. The third-order valence-corrected chi connectivity index (χ3v) is 6.05. The minimum absolute atomic E-state index is 0.0206. The molecule has 10 nitrogen and oxygen atoms in total. The molecule has 0 spiro atoms. The summed E-state index contributed by atoms with van der Waals surface area (Å²) in [5.74, 6) is -2.41. The number of rotatable bonds is 28. The molecule has 38 heavy (non-hydrogen) atoms. The Morgan fingerprint density at radius 3 is 1.89 bits per heavy atom. The molecule has 0 unspecified atom stereocenters. The second-order valence-corrected chi connectivity index (χ2v) is 9.46. The zero-order chi connectivity index (χ0) is 28.3. The summed E-state index contributed by atoms with van der Waals surface area (Å²) in [6.45, 7) is 6.63. The van der Waals surface area contributed by atoms with Crippen LogP contribution in [0.5, 0.6) is 0 Å². The van der Waals surface area contributed by atoms with Crippen molar-refractivity contribution in [2.45, 2.75) is 97.3 Å². The van der Waals surface area contributed by atoms with Gasteiger partial charge in [-0.05, 0) is 19.8 Å². The number of nitrogens with one attached hydrogen (secondary N) is 2. The Morgan fingerprint density at radius 2 is 1.26 bits per heavy atom. The molecule has 0 aromatic rings. The average molecular weight is 545 g/mol. The van der Waals surface area contributed by atoms with Crippen LogP contribution in [0.15, 0.2) is 0 Å². The van der Waals surface area contributed by atoms with E-state index in [1.807, 2.05) is 6.92 Å². The van der Waals surface area contributed by atoms with Crippen molar-refractivity contribution in [1.82, 2.24) is 10.6 Å². The lowest BCUT2D eigenvalue weighted by Crippen LogP contribution is -2.31. The molecule has 2 amide bonds. The van der Waals surface area contributed by atoms with E-state index in [1.165, 1.54) is 38.5 Å². The molecule has 0 fully saturated rings. The lowest BCUT2D eigenvalue weighted by Gasteiger charge is -2.12. The molecule has 0 bridgehead atoms. The Kier molecular flexibility index (Phi) is 25.1. The van der Waals surface area contributed by atoms with Crippen LogP contribution >= 0.6 is 0 Å². The van der Waals surface area contributed by atoms with Gasteiger partial charge in [-0.25, -0.2) is 0 Å². The van der Waals surface area contributed by atoms with Gasteiger partial charge in [0.2, 0.25) is 11.8 Å². The second kappa shape index (κ2) is 26.6. The van der Waals surface area contributed by atoms with E-state index in [4.69, 9.17) is 14.2 Å². The van der Waals surface area contributed by atoms with Gasteiger partial charge >= 0.3 is 5.97 Å². The van der Waals surface area contributed by atoms with Crippen molar-refractivity contribution >= 4 is 23.6 Å². The van der Waals surface area contributed by atoms with Crippen molar-refractivity contribution in [1.29, 1.82) is 0 Å². The lowest BCUT2D eigenvalue weighted by molar-refractivity contribution is -0.144. The number of ketones is 1. The highest BCUT2D eigenvalue weighted by Crippen LogP contribution is 2.16. The first kappa shape index (κ1) is 36.0. The van der Waals surface area contributed by atoms with Crippen LogP contribution in [0.4, 0.5) is 0 Å². The summed E-state index contributed by atoms with van der Waals surface area (Å²) in [7, 11) is 0.